The van der Waals surface area contributed by atoms with Crippen LogP contribution in [0, 0.1) is 0 Å². The molecule has 1 aliphatic rings. The van der Waals surface area contributed by atoms with E-state index >= 15 is 0 Å². The third-order valence-corrected chi connectivity index (χ3v) is 3.87. The summed E-state index contributed by atoms with van der Waals surface area (Å²) in [6.07, 6.45) is 9.74. The monoisotopic (exact) mass is 233 g/mol. The van der Waals surface area contributed by atoms with Gasteiger partial charge >= 0.3 is 0 Å². The minimum atomic E-state index is 0.444. The summed E-state index contributed by atoms with van der Waals surface area (Å²) in [6, 6.07) is 5.38. The van der Waals surface area contributed by atoms with Gasteiger partial charge in [0.15, 0.2) is 0 Å². The maximum atomic E-state index is 5.94. The van der Waals surface area contributed by atoms with Crippen LogP contribution in [-0.4, -0.2) is 35.6 Å². The fourth-order valence-corrected chi connectivity index (χ4v) is 2.58. The molecular formula is C14H23N3. The molecular weight excluding hydrogens is 210 g/mol. The Morgan fingerprint density at radius 1 is 1.24 bits per heavy atom. The van der Waals surface area contributed by atoms with Gasteiger partial charge in [0, 0.05) is 31.0 Å². The molecule has 0 amide bonds. The van der Waals surface area contributed by atoms with Crippen molar-refractivity contribution in [1.29, 1.82) is 0 Å². The van der Waals surface area contributed by atoms with Crippen LogP contribution in [0.25, 0.3) is 0 Å². The molecule has 0 bridgehead atoms. The molecule has 94 valence electrons. The van der Waals surface area contributed by atoms with E-state index in [0.717, 1.165) is 19.0 Å². The first-order chi connectivity index (χ1) is 8.25. The molecule has 0 atom stereocenters. The van der Waals surface area contributed by atoms with Crippen molar-refractivity contribution in [3.05, 3.63) is 30.1 Å². The number of pyridine rings is 1. The Balaban J connectivity index is 1.75. The van der Waals surface area contributed by atoms with Gasteiger partial charge in [-0.25, -0.2) is 0 Å². The van der Waals surface area contributed by atoms with Crippen LogP contribution in [0.3, 0.4) is 0 Å². The van der Waals surface area contributed by atoms with Crippen LogP contribution in [0.1, 0.15) is 31.2 Å². The average Bonchev–Trinajstić information content (AvgIpc) is 2.38. The second-order valence-electron chi connectivity index (χ2n) is 5.15. The zero-order chi connectivity index (χ0) is 12.1. The van der Waals surface area contributed by atoms with Gasteiger partial charge < -0.3 is 10.6 Å². The normalized spacial score (nSPS) is 25.1. The SMILES string of the molecule is CN(CCc1ccncc1)C1CCC(N)CC1. The number of aromatic nitrogens is 1. The predicted octanol–water partition coefficient (Wildman–Crippen LogP) is 1.83. The fourth-order valence-electron chi connectivity index (χ4n) is 2.58. The second-order valence-corrected chi connectivity index (χ2v) is 5.15. The predicted molar refractivity (Wildman–Crippen MR) is 70.8 cm³/mol. The first kappa shape index (κ1) is 12.5. The lowest BCUT2D eigenvalue weighted by Crippen LogP contribution is -2.39. The second kappa shape index (κ2) is 6.12. The molecule has 3 nitrogen and oxygen atoms in total. The molecule has 17 heavy (non-hydrogen) atoms. The van der Waals surface area contributed by atoms with Crippen LogP contribution in [-0.2, 0) is 6.42 Å². The van der Waals surface area contributed by atoms with Crippen LogP contribution in [0.5, 0.6) is 0 Å². The number of nitrogens with zero attached hydrogens (tertiary/aromatic N) is 2. The van der Waals surface area contributed by atoms with Gasteiger partial charge in [-0.1, -0.05) is 0 Å². The van der Waals surface area contributed by atoms with Crippen LogP contribution in [0.4, 0.5) is 0 Å². The summed E-state index contributed by atoms with van der Waals surface area (Å²) in [7, 11) is 2.24. The number of hydrogen-bond acceptors (Lipinski definition) is 3. The van der Waals surface area contributed by atoms with Crippen LogP contribution in [0.2, 0.25) is 0 Å². The fraction of sp³-hybridized carbons (Fsp3) is 0.643. The number of hydrogen-bond donors (Lipinski definition) is 1. The zero-order valence-electron chi connectivity index (χ0n) is 10.7. The van der Waals surface area contributed by atoms with Gasteiger partial charge in [-0.05, 0) is 56.8 Å². The standard InChI is InChI=1S/C14H23N3/c1-17(14-4-2-13(15)3-5-14)11-8-12-6-9-16-10-7-12/h6-7,9-10,13-14H,2-5,8,11,15H2,1H3. The van der Waals surface area contributed by atoms with E-state index in [-0.39, 0.29) is 0 Å². The average molecular weight is 233 g/mol. The van der Waals surface area contributed by atoms with Gasteiger partial charge in [0.25, 0.3) is 0 Å². The van der Waals surface area contributed by atoms with E-state index in [1.807, 2.05) is 12.4 Å². The van der Waals surface area contributed by atoms with Gasteiger partial charge in [0.2, 0.25) is 0 Å². The van der Waals surface area contributed by atoms with E-state index in [2.05, 4.69) is 29.1 Å². The highest BCUT2D eigenvalue weighted by Crippen LogP contribution is 2.21. The minimum Gasteiger partial charge on any atom is -0.328 e. The molecule has 1 heterocycles. The largest absolute Gasteiger partial charge is 0.328 e. The smallest absolute Gasteiger partial charge is 0.0270 e. The molecule has 1 saturated carbocycles. The van der Waals surface area contributed by atoms with Crippen molar-refractivity contribution >= 4 is 0 Å². The van der Waals surface area contributed by atoms with Crippen molar-refractivity contribution in [1.82, 2.24) is 9.88 Å². The van der Waals surface area contributed by atoms with Gasteiger partial charge in [0.1, 0.15) is 0 Å². The summed E-state index contributed by atoms with van der Waals surface area (Å²) in [5, 5.41) is 0. The number of nitrogens with two attached hydrogens (primary N) is 1. The lowest BCUT2D eigenvalue weighted by molar-refractivity contribution is 0.185. The first-order valence-corrected chi connectivity index (χ1v) is 6.60. The highest BCUT2D eigenvalue weighted by atomic mass is 15.1. The van der Waals surface area contributed by atoms with E-state index < -0.39 is 0 Å². The lowest BCUT2D eigenvalue weighted by Gasteiger charge is -2.33. The number of likely N-dealkylation sites (N-methyl/N-ethyl adjacent to an activating group) is 1. The molecule has 0 aliphatic heterocycles. The van der Waals surface area contributed by atoms with Crippen LogP contribution < -0.4 is 5.73 Å². The van der Waals surface area contributed by atoms with Gasteiger partial charge in [-0.3, -0.25) is 4.98 Å². The summed E-state index contributed by atoms with van der Waals surface area (Å²) in [4.78, 5) is 6.54. The van der Waals surface area contributed by atoms with Crippen molar-refractivity contribution < 1.29 is 0 Å². The third-order valence-electron chi connectivity index (χ3n) is 3.87. The Bertz CT molecular complexity index is 317. The molecule has 0 aromatic carbocycles. The zero-order valence-corrected chi connectivity index (χ0v) is 10.7. The summed E-state index contributed by atoms with van der Waals surface area (Å²) in [5.74, 6) is 0. The van der Waals surface area contributed by atoms with E-state index in [4.69, 9.17) is 5.73 Å². The van der Waals surface area contributed by atoms with Crippen molar-refractivity contribution in [2.24, 2.45) is 5.73 Å². The van der Waals surface area contributed by atoms with E-state index in [1.54, 1.807) is 0 Å². The molecule has 2 N–H and O–H groups in total. The topological polar surface area (TPSA) is 42.2 Å². The minimum absolute atomic E-state index is 0.444. The molecule has 1 aliphatic carbocycles. The molecule has 0 spiro atoms. The maximum Gasteiger partial charge on any atom is 0.0270 e. The Kier molecular flexibility index (Phi) is 4.51. The van der Waals surface area contributed by atoms with Crippen molar-refractivity contribution in [2.45, 2.75) is 44.2 Å². The van der Waals surface area contributed by atoms with E-state index in [0.29, 0.717) is 6.04 Å². The number of rotatable bonds is 4. The molecule has 3 heteroatoms. The Labute approximate surface area is 104 Å². The summed E-state index contributed by atoms with van der Waals surface area (Å²) in [5.41, 5.74) is 7.31. The first-order valence-electron chi connectivity index (χ1n) is 6.60. The Morgan fingerprint density at radius 2 is 1.88 bits per heavy atom. The molecule has 1 fully saturated rings. The quantitative estimate of drug-likeness (QED) is 0.862. The lowest BCUT2D eigenvalue weighted by atomic mass is 9.91. The molecule has 2 rings (SSSR count). The van der Waals surface area contributed by atoms with Gasteiger partial charge in [-0.15, -0.1) is 0 Å². The van der Waals surface area contributed by atoms with Gasteiger partial charge in [-0.2, -0.15) is 0 Å². The molecule has 0 unspecified atom stereocenters. The Hall–Kier alpha value is -0.930. The molecule has 1 aromatic rings. The van der Waals surface area contributed by atoms with E-state index in [1.165, 1.54) is 31.2 Å². The molecule has 1 aromatic heterocycles. The van der Waals surface area contributed by atoms with Crippen molar-refractivity contribution in [2.75, 3.05) is 13.6 Å². The van der Waals surface area contributed by atoms with E-state index in [9.17, 15) is 0 Å². The summed E-state index contributed by atoms with van der Waals surface area (Å²) < 4.78 is 0. The van der Waals surface area contributed by atoms with Crippen LogP contribution in [0.15, 0.2) is 24.5 Å². The third kappa shape index (κ3) is 3.79. The van der Waals surface area contributed by atoms with Crippen molar-refractivity contribution in [3.8, 4) is 0 Å². The molecule has 0 radical (unpaired) electrons. The highest BCUT2D eigenvalue weighted by molar-refractivity contribution is 5.09. The van der Waals surface area contributed by atoms with Crippen molar-refractivity contribution in [3.63, 3.8) is 0 Å². The summed E-state index contributed by atoms with van der Waals surface area (Å²) >= 11 is 0. The van der Waals surface area contributed by atoms with Crippen LogP contribution >= 0.6 is 0 Å². The highest BCUT2D eigenvalue weighted by Gasteiger charge is 2.21. The summed E-state index contributed by atoms with van der Waals surface area (Å²) in [6.45, 7) is 1.13. The molecule has 0 saturated heterocycles. The van der Waals surface area contributed by atoms with Gasteiger partial charge in [0.05, 0.1) is 0 Å². The maximum absolute atomic E-state index is 5.94. The Morgan fingerprint density at radius 3 is 2.53 bits per heavy atom.